The number of ether oxygens (including phenoxy) is 1. The number of aromatic nitrogens is 3. The average molecular weight is 456 g/mol. The number of nitrogens with one attached hydrogen (secondary N) is 2. The van der Waals surface area contributed by atoms with Crippen molar-refractivity contribution in [3.8, 4) is 11.6 Å². The number of para-hydroxylation sites is 1. The van der Waals surface area contributed by atoms with E-state index in [1.54, 1.807) is 66.5 Å². The Balaban J connectivity index is 1.41. The highest BCUT2D eigenvalue weighted by Gasteiger charge is 2.14. The highest BCUT2D eigenvalue weighted by atomic mass is 16.5. The summed E-state index contributed by atoms with van der Waals surface area (Å²) in [6, 6.07) is 19.4. The maximum Gasteiger partial charge on any atom is 0.255 e. The van der Waals surface area contributed by atoms with Crippen LogP contribution >= 0.6 is 0 Å². The summed E-state index contributed by atoms with van der Waals surface area (Å²) in [4.78, 5) is 30.0. The smallest absolute Gasteiger partial charge is 0.255 e. The molecule has 4 rings (SSSR count). The molecule has 0 saturated carbocycles. The van der Waals surface area contributed by atoms with E-state index in [0.29, 0.717) is 34.9 Å². The van der Waals surface area contributed by atoms with E-state index in [0.717, 1.165) is 17.0 Å². The fourth-order valence-corrected chi connectivity index (χ4v) is 3.51. The second kappa shape index (κ2) is 9.99. The largest absolute Gasteiger partial charge is 0.497 e. The van der Waals surface area contributed by atoms with Crippen molar-refractivity contribution in [2.24, 2.45) is 0 Å². The van der Waals surface area contributed by atoms with E-state index >= 15 is 0 Å². The van der Waals surface area contributed by atoms with E-state index in [4.69, 9.17) is 4.74 Å². The third-order valence-electron chi connectivity index (χ3n) is 5.26. The number of rotatable bonds is 7. The Bertz CT molecular complexity index is 1310. The zero-order chi connectivity index (χ0) is 24.1. The zero-order valence-corrected chi connectivity index (χ0v) is 19.2. The van der Waals surface area contributed by atoms with Crippen LogP contribution in [0.4, 0.5) is 5.69 Å². The van der Waals surface area contributed by atoms with Crippen molar-refractivity contribution in [2.75, 3.05) is 12.4 Å². The summed E-state index contributed by atoms with van der Waals surface area (Å²) in [5.41, 5.74) is 4.03. The molecule has 2 amide bonds. The Labute approximate surface area is 197 Å². The van der Waals surface area contributed by atoms with Gasteiger partial charge >= 0.3 is 0 Å². The van der Waals surface area contributed by atoms with Gasteiger partial charge in [-0.1, -0.05) is 18.2 Å². The molecule has 2 heterocycles. The van der Waals surface area contributed by atoms with Gasteiger partial charge in [-0.05, 0) is 67.9 Å². The lowest BCUT2D eigenvalue weighted by Gasteiger charge is -2.12. The lowest BCUT2D eigenvalue weighted by molar-refractivity contribution is 0.0951. The lowest BCUT2D eigenvalue weighted by atomic mass is 10.1. The number of methoxy groups -OCH3 is 1. The predicted molar refractivity (Wildman–Crippen MR) is 129 cm³/mol. The molecule has 0 spiro atoms. The third-order valence-corrected chi connectivity index (χ3v) is 5.26. The minimum Gasteiger partial charge on any atom is -0.497 e. The summed E-state index contributed by atoms with van der Waals surface area (Å²) >= 11 is 0. The second-order valence-electron chi connectivity index (χ2n) is 7.77. The predicted octanol–water partition coefficient (Wildman–Crippen LogP) is 4.08. The standard InChI is InChI=1S/C26H25N5O3/c1-17-14-18(2)31(30-17)24-13-8-19(15-27-24)16-28-26(33)22-6-4-5-7-23(22)29-25(32)20-9-11-21(34-3)12-10-20/h4-15H,16H2,1-3H3,(H,28,33)(H,29,32). The number of amides is 2. The molecule has 0 aliphatic rings. The van der Waals surface area contributed by atoms with Crippen LogP contribution in [0.5, 0.6) is 5.75 Å². The normalized spacial score (nSPS) is 10.6. The minimum absolute atomic E-state index is 0.296. The highest BCUT2D eigenvalue weighted by Crippen LogP contribution is 2.18. The van der Waals surface area contributed by atoms with Crippen molar-refractivity contribution >= 4 is 17.5 Å². The first-order chi connectivity index (χ1) is 16.4. The van der Waals surface area contributed by atoms with Gasteiger partial charge in [0.05, 0.1) is 24.1 Å². The molecule has 0 unspecified atom stereocenters. The van der Waals surface area contributed by atoms with Crippen LogP contribution in [0.3, 0.4) is 0 Å². The van der Waals surface area contributed by atoms with Crippen molar-refractivity contribution in [1.82, 2.24) is 20.1 Å². The van der Waals surface area contributed by atoms with Crippen molar-refractivity contribution in [1.29, 1.82) is 0 Å². The van der Waals surface area contributed by atoms with Crippen molar-refractivity contribution in [2.45, 2.75) is 20.4 Å². The number of hydrogen-bond donors (Lipinski definition) is 2. The van der Waals surface area contributed by atoms with Crippen molar-refractivity contribution < 1.29 is 14.3 Å². The third kappa shape index (κ3) is 5.12. The molecule has 0 radical (unpaired) electrons. The second-order valence-corrected chi connectivity index (χ2v) is 7.77. The van der Waals surface area contributed by atoms with Crippen LogP contribution < -0.4 is 15.4 Å². The lowest BCUT2D eigenvalue weighted by Crippen LogP contribution is -2.25. The van der Waals surface area contributed by atoms with Gasteiger partial charge in [-0.25, -0.2) is 9.67 Å². The Morgan fingerprint density at radius 3 is 2.38 bits per heavy atom. The molecule has 4 aromatic rings. The first-order valence-corrected chi connectivity index (χ1v) is 10.8. The van der Waals surface area contributed by atoms with Gasteiger partial charge in [0.1, 0.15) is 5.75 Å². The highest BCUT2D eigenvalue weighted by molar-refractivity contribution is 6.09. The molecular weight excluding hydrogens is 430 g/mol. The SMILES string of the molecule is COc1ccc(C(=O)Nc2ccccc2C(=O)NCc2ccc(-n3nc(C)cc3C)nc2)cc1. The first-order valence-electron chi connectivity index (χ1n) is 10.8. The van der Waals surface area contributed by atoms with Gasteiger partial charge in [0.2, 0.25) is 0 Å². The van der Waals surface area contributed by atoms with Crippen LogP contribution in [-0.4, -0.2) is 33.7 Å². The number of carbonyl (C=O) groups is 2. The van der Waals surface area contributed by atoms with Gasteiger partial charge in [-0.2, -0.15) is 5.10 Å². The Hall–Kier alpha value is -4.46. The molecule has 0 atom stereocenters. The summed E-state index contributed by atoms with van der Waals surface area (Å²) in [6.07, 6.45) is 1.71. The van der Waals surface area contributed by atoms with E-state index in [-0.39, 0.29) is 11.8 Å². The quantitative estimate of drug-likeness (QED) is 0.438. The van der Waals surface area contributed by atoms with E-state index in [2.05, 4.69) is 20.7 Å². The summed E-state index contributed by atoms with van der Waals surface area (Å²) < 4.78 is 6.90. The van der Waals surface area contributed by atoms with Gasteiger partial charge in [-0.3, -0.25) is 9.59 Å². The van der Waals surface area contributed by atoms with E-state index in [1.807, 2.05) is 32.0 Å². The Morgan fingerprint density at radius 1 is 0.971 bits per heavy atom. The van der Waals surface area contributed by atoms with Gasteiger partial charge < -0.3 is 15.4 Å². The van der Waals surface area contributed by atoms with E-state index < -0.39 is 0 Å². The summed E-state index contributed by atoms with van der Waals surface area (Å²) in [5, 5.41) is 10.1. The number of anilines is 1. The molecule has 0 aliphatic heterocycles. The number of aryl methyl sites for hydroxylation is 2. The first kappa shape index (κ1) is 22.7. The van der Waals surface area contributed by atoms with Crippen molar-refractivity contribution in [3.05, 3.63) is 101 Å². The summed E-state index contributed by atoms with van der Waals surface area (Å²) in [5.74, 6) is 0.765. The number of hydrogen-bond acceptors (Lipinski definition) is 5. The van der Waals surface area contributed by atoms with Crippen LogP contribution in [0, 0.1) is 13.8 Å². The summed E-state index contributed by atoms with van der Waals surface area (Å²) in [7, 11) is 1.57. The van der Waals surface area contributed by atoms with Crippen molar-refractivity contribution in [3.63, 3.8) is 0 Å². The van der Waals surface area contributed by atoms with Gasteiger partial charge in [0, 0.05) is 24.0 Å². The van der Waals surface area contributed by atoms with E-state index in [9.17, 15) is 9.59 Å². The van der Waals surface area contributed by atoms with Crippen LogP contribution in [0.2, 0.25) is 0 Å². The number of benzene rings is 2. The molecule has 0 bridgehead atoms. The maximum absolute atomic E-state index is 12.9. The van der Waals surface area contributed by atoms with E-state index in [1.165, 1.54) is 0 Å². The molecular formula is C26H25N5O3. The molecule has 34 heavy (non-hydrogen) atoms. The van der Waals surface area contributed by atoms with Crippen LogP contribution in [0.25, 0.3) is 5.82 Å². The molecule has 2 aromatic carbocycles. The number of nitrogens with zero attached hydrogens (tertiary/aromatic N) is 3. The Morgan fingerprint density at radius 2 is 1.74 bits per heavy atom. The fraction of sp³-hybridized carbons (Fsp3) is 0.154. The maximum atomic E-state index is 12.9. The number of carbonyl (C=O) groups excluding carboxylic acids is 2. The van der Waals surface area contributed by atoms with Gasteiger partial charge in [0.15, 0.2) is 5.82 Å². The zero-order valence-electron chi connectivity index (χ0n) is 19.2. The summed E-state index contributed by atoms with van der Waals surface area (Å²) in [6.45, 7) is 4.20. The molecule has 2 N–H and O–H groups in total. The molecule has 0 saturated heterocycles. The van der Waals surface area contributed by atoms with Gasteiger partial charge in [-0.15, -0.1) is 0 Å². The molecule has 8 heteroatoms. The fourth-order valence-electron chi connectivity index (χ4n) is 3.51. The average Bonchev–Trinajstić information content (AvgIpc) is 3.20. The van der Waals surface area contributed by atoms with Crippen LogP contribution in [-0.2, 0) is 6.54 Å². The molecule has 172 valence electrons. The molecule has 0 fully saturated rings. The topological polar surface area (TPSA) is 98.1 Å². The molecule has 0 aliphatic carbocycles. The van der Waals surface area contributed by atoms with Gasteiger partial charge in [0.25, 0.3) is 11.8 Å². The van der Waals surface area contributed by atoms with Crippen LogP contribution in [0.1, 0.15) is 37.7 Å². The number of pyridine rings is 1. The Kier molecular flexibility index (Phi) is 6.68. The molecule has 8 nitrogen and oxygen atoms in total. The minimum atomic E-state index is -0.313. The monoisotopic (exact) mass is 455 g/mol. The van der Waals surface area contributed by atoms with Crippen LogP contribution in [0.15, 0.2) is 72.9 Å². The molecule has 2 aromatic heterocycles.